The average Bonchev–Trinajstić information content (AvgIpc) is 2.38. The van der Waals surface area contributed by atoms with E-state index < -0.39 is 12.0 Å². The van der Waals surface area contributed by atoms with Crippen LogP contribution in [-0.2, 0) is 11.2 Å². The molecule has 6 nitrogen and oxygen atoms in total. The normalized spacial score (nSPS) is 21.3. The number of carboxylic acid groups (broad SMARTS) is 1. The van der Waals surface area contributed by atoms with Gasteiger partial charge in [0, 0.05) is 0 Å². The van der Waals surface area contributed by atoms with Crippen molar-refractivity contribution in [2.45, 2.75) is 18.9 Å². The maximum Gasteiger partial charge on any atom is 0.328 e. The van der Waals surface area contributed by atoms with E-state index in [-0.39, 0.29) is 11.3 Å². The van der Waals surface area contributed by atoms with Gasteiger partial charge in [-0.2, -0.15) is 5.16 Å². The van der Waals surface area contributed by atoms with E-state index in [1.165, 1.54) is 0 Å². The minimum Gasteiger partial charge on any atom is -0.480 e. The number of H-pyrrole nitrogens is 1. The molecule has 1 aliphatic heterocycles. The molecule has 6 heteroatoms. The van der Waals surface area contributed by atoms with Crippen LogP contribution in [0.3, 0.4) is 0 Å². The monoisotopic (exact) mass is 198 g/mol. The molecule has 0 radical (unpaired) electrons. The summed E-state index contributed by atoms with van der Waals surface area (Å²) in [6.07, 6.45) is 1.29. The number of aromatic nitrogens is 1. The molecular weight excluding hydrogens is 188 g/mol. The van der Waals surface area contributed by atoms with Crippen LogP contribution < -0.4 is 10.9 Å². The zero-order valence-corrected chi connectivity index (χ0v) is 7.37. The van der Waals surface area contributed by atoms with Crippen LogP contribution in [-0.4, -0.2) is 22.8 Å². The largest absolute Gasteiger partial charge is 0.480 e. The summed E-state index contributed by atoms with van der Waals surface area (Å²) in [4.78, 5) is 22.1. The lowest BCUT2D eigenvalue weighted by Crippen LogP contribution is -2.27. The molecule has 0 aromatic carbocycles. The Bertz CT molecular complexity index is 406. The lowest BCUT2D eigenvalue weighted by atomic mass is 10.1. The van der Waals surface area contributed by atoms with Gasteiger partial charge in [-0.15, -0.1) is 0 Å². The first-order valence-corrected chi connectivity index (χ1v) is 4.36. The quantitative estimate of drug-likeness (QED) is 0.572. The van der Waals surface area contributed by atoms with Crippen LogP contribution in [0, 0.1) is 0 Å². The molecule has 0 saturated carbocycles. The molecular formula is C8H10N2O4. The van der Waals surface area contributed by atoms with E-state index in [0.29, 0.717) is 18.5 Å². The van der Waals surface area contributed by atoms with Crippen LogP contribution in [0.2, 0.25) is 0 Å². The smallest absolute Gasteiger partial charge is 0.328 e. The fourth-order valence-corrected chi connectivity index (χ4v) is 1.61. The van der Waals surface area contributed by atoms with E-state index in [4.69, 9.17) is 9.63 Å². The minimum atomic E-state index is -1.03. The predicted octanol–water partition coefficient (Wildman–Crippen LogP) is -0.371. The van der Waals surface area contributed by atoms with Gasteiger partial charge in [0.15, 0.2) is 11.8 Å². The van der Waals surface area contributed by atoms with Crippen LogP contribution >= 0.6 is 0 Å². The van der Waals surface area contributed by atoms with Crippen molar-refractivity contribution in [2.75, 3.05) is 6.54 Å². The number of carboxylic acids is 1. The highest BCUT2D eigenvalue weighted by Crippen LogP contribution is 2.19. The van der Waals surface area contributed by atoms with Crippen molar-refractivity contribution in [1.82, 2.24) is 10.5 Å². The summed E-state index contributed by atoms with van der Waals surface area (Å²) in [6.45, 7) is 0.570. The van der Waals surface area contributed by atoms with Crippen molar-refractivity contribution in [2.24, 2.45) is 0 Å². The summed E-state index contributed by atoms with van der Waals surface area (Å²) in [5.41, 5.74) is 0.123. The van der Waals surface area contributed by atoms with E-state index >= 15 is 0 Å². The molecule has 2 rings (SSSR count). The Morgan fingerprint density at radius 1 is 1.57 bits per heavy atom. The second-order valence-corrected chi connectivity index (χ2v) is 3.20. The Balaban J connectivity index is 2.48. The van der Waals surface area contributed by atoms with Gasteiger partial charge in [-0.3, -0.25) is 14.9 Å². The highest BCUT2D eigenvalue weighted by Gasteiger charge is 2.29. The zero-order chi connectivity index (χ0) is 10.1. The highest BCUT2D eigenvalue weighted by atomic mass is 16.5. The summed E-state index contributed by atoms with van der Waals surface area (Å²) in [5, 5.41) is 13.8. The Hall–Kier alpha value is -1.56. The zero-order valence-electron chi connectivity index (χ0n) is 7.37. The van der Waals surface area contributed by atoms with Gasteiger partial charge < -0.3 is 9.63 Å². The molecule has 0 fully saturated rings. The van der Waals surface area contributed by atoms with Crippen molar-refractivity contribution in [1.29, 1.82) is 0 Å². The number of hydrogen-bond acceptors (Lipinski definition) is 4. The number of aliphatic carboxylic acids is 1. The van der Waals surface area contributed by atoms with Gasteiger partial charge in [0.05, 0.1) is 5.56 Å². The van der Waals surface area contributed by atoms with E-state index in [9.17, 15) is 9.59 Å². The van der Waals surface area contributed by atoms with Crippen molar-refractivity contribution < 1.29 is 14.4 Å². The standard InChI is InChI=1S/C8H10N2O4/c11-7-4-2-1-3-9-5(8(12)13)6(4)14-10-7/h5,9H,1-3H2,(H,10,11)(H,12,13)/t5-/m1/s1. The SMILES string of the molecule is O=C(O)[C@@H]1NCCCc2c1o[nH]c2=O. The van der Waals surface area contributed by atoms with Crippen LogP contribution in [0.4, 0.5) is 0 Å². The summed E-state index contributed by atoms with van der Waals surface area (Å²) in [5.74, 6) is -0.823. The molecule has 1 aromatic rings. The number of fused-ring (bicyclic) bond motifs is 1. The second-order valence-electron chi connectivity index (χ2n) is 3.20. The molecule has 0 aliphatic carbocycles. The van der Waals surface area contributed by atoms with Gasteiger partial charge in [-0.05, 0) is 19.4 Å². The molecule has 0 spiro atoms. The molecule has 0 amide bonds. The van der Waals surface area contributed by atoms with Crippen LogP contribution in [0.15, 0.2) is 9.32 Å². The first kappa shape index (κ1) is 9.01. The van der Waals surface area contributed by atoms with Gasteiger partial charge in [-0.25, -0.2) is 0 Å². The van der Waals surface area contributed by atoms with E-state index in [0.717, 1.165) is 6.42 Å². The molecule has 1 aliphatic rings. The molecule has 2 heterocycles. The van der Waals surface area contributed by atoms with Gasteiger partial charge in [0.1, 0.15) is 0 Å². The first-order chi connectivity index (χ1) is 6.70. The number of hydrogen-bond donors (Lipinski definition) is 3. The lowest BCUT2D eigenvalue weighted by Gasteiger charge is -2.07. The lowest BCUT2D eigenvalue weighted by molar-refractivity contribution is -0.140. The van der Waals surface area contributed by atoms with Crippen molar-refractivity contribution in [3.05, 3.63) is 21.7 Å². The first-order valence-electron chi connectivity index (χ1n) is 4.36. The second kappa shape index (κ2) is 3.30. The third kappa shape index (κ3) is 1.33. The number of rotatable bonds is 1. The Morgan fingerprint density at radius 2 is 2.36 bits per heavy atom. The average molecular weight is 198 g/mol. The van der Waals surface area contributed by atoms with Crippen LogP contribution in [0.5, 0.6) is 0 Å². The molecule has 1 aromatic heterocycles. The van der Waals surface area contributed by atoms with Gasteiger partial charge in [0.2, 0.25) is 0 Å². The van der Waals surface area contributed by atoms with Crippen molar-refractivity contribution in [3.63, 3.8) is 0 Å². The molecule has 76 valence electrons. The topological polar surface area (TPSA) is 95.3 Å². The molecule has 0 unspecified atom stereocenters. The van der Waals surface area contributed by atoms with Crippen molar-refractivity contribution >= 4 is 5.97 Å². The Kier molecular flexibility index (Phi) is 2.12. The molecule has 0 saturated heterocycles. The Morgan fingerprint density at radius 3 is 3.07 bits per heavy atom. The number of nitrogens with one attached hydrogen (secondary N) is 2. The fourth-order valence-electron chi connectivity index (χ4n) is 1.61. The third-order valence-corrected chi connectivity index (χ3v) is 2.29. The van der Waals surface area contributed by atoms with Gasteiger partial charge in [0.25, 0.3) is 5.56 Å². The van der Waals surface area contributed by atoms with E-state index in [1.807, 2.05) is 0 Å². The molecule has 3 N–H and O–H groups in total. The van der Waals surface area contributed by atoms with Crippen LogP contribution in [0.1, 0.15) is 23.8 Å². The Labute approximate surface area is 78.9 Å². The highest BCUT2D eigenvalue weighted by molar-refractivity contribution is 5.75. The predicted molar refractivity (Wildman–Crippen MR) is 46.0 cm³/mol. The van der Waals surface area contributed by atoms with E-state index in [1.54, 1.807) is 0 Å². The van der Waals surface area contributed by atoms with Crippen molar-refractivity contribution in [3.8, 4) is 0 Å². The molecule has 0 bridgehead atoms. The summed E-state index contributed by atoms with van der Waals surface area (Å²) in [6, 6.07) is -0.911. The van der Waals surface area contributed by atoms with E-state index in [2.05, 4.69) is 10.5 Å². The minimum absolute atomic E-state index is 0.208. The van der Waals surface area contributed by atoms with Crippen LogP contribution in [0.25, 0.3) is 0 Å². The van der Waals surface area contributed by atoms with Gasteiger partial charge >= 0.3 is 5.97 Å². The fraction of sp³-hybridized carbons (Fsp3) is 0.500. The molecule has 1 atom stereocenters. The summed E-state index contributed by atoms with van der Waals surface area (Å²) in [7, 11) is 0. The molecule has 14 heavy (non-hydrogen) atoms. The summed E-state index contributed by atoms with van der Waals surface area (Å²) < 4.78 is 4.86. The third-order valence-electron chi connectivity index (χ3n) is 2.29. The number of carbonyl (C=O) groups is 1. The maximum absolute atomic E-state index is 11.2. The number of aromatic amines is 1. The van der Waals surface area contributed by atoms with Gasteiger partial charge in [-0.1, -0.05) is 0 Å². The summed E-state index contributed by atoms with van der Waals surface area (Å²) >= 11 is 0. The maximum atomic E-state index is 11.2.